The van der Waals surface area contributed by atoms with Crippen molar-refractivity contribution >= 4 is 34.2 Å². The summed E-state index contributed by atoms with van der Waals surface area (Å²) in [7, 11) is 0. The second-order valence-electron chi connectivity index (χ2n) is 7.69. The molecule has 0 aliphatic carbocycles. The number of nitrogens with zero attached hydrogens (tertiary/aromatic N) is 3. The number of piperazine rings is 1. The van der Waals surface area contributed by atoms with Crippen LogP contribution in [0.4, 0.5) is 18.3 Å². The van der Waals surface area contributed by atoms with Crippen LogP contribution in [0.15, 0.2) is 29.6 Å². The van der Waals surface area contributed by atoms with E-state index in [1.807, 2.05) is 0 Å². The number of carbonyl (C=O) groups is 3. The number of rotatable bonds is 4. The van der Waals surface area contributed by atoms with Gasteiger partial charge in [0.25, 0.3) is 17.7 Å². The Morgan fingerprint density at radius 1 is 1.12 bits per heavy atom. The second-order valence-corrected chi connectivity index (χ2v) is 8.55. The molecule has 4 rings (SSSR count). The molecule has 8 nitrogen and oxygen atoms in total. The van der Waals surface area contributed by atoms with Gasteiger partial charge in [0.1, 0.15) is 11.8 Å². The number of amides is 3. The van der Waals surface area contributed by atoms with Gasteiger partial charge < -0.3 is 14.5 Å². The maximum absolute atomic E-state index is 12.9. The van der Waals surface area contributed by atoms with Crippen LogP contribution in [0.25, 0.3) is 0 Å². The highest BCUT2D eigenvalue weighted by Crippen LogP contribution is 2.30. The molecule has 2 saturated heterocycles. The standard InChI is InChI=1S/C21H21F3N4O4S/c22-21(23,24)14-4-1-3-13(11-14)17(29)26-20-25-15(12-33-20)18(30)27-6-8-28(9-7-27)19(31)16-5-2-10-32-16/h1,3-4,11-12,16H,2,5-10H2,(H,25,26,29). The van der Waals surface area contributed by atoms with Crippen molar-refractivity contribution in [1.29, 1.82) is 0 Å². The predicted octanol–water partition coefficient (Wildman–Crippen LogP) is 2.88. The van der Waals surface area contributed by atoms with E-state index in [-0.39, 0.29) is 28.2 Å². The molecule has 1 atom stereocenters. The highest BCUT2D eigenvalue weighted by atomic mass is 32.1. The third-order valence-corrected chi connectivity index (χ3v) is 6.24. The van der Waals surface area contributed by atoms with E-state index in [0.29, 0.717) is 39.2 Å². The van der Waals surface area contributed by atoms with Gasteiger partial charge in [-0.25, -0.2) is 4.98 Å². The van der Waals surface area contributed by atoms with Crippen LogP contribution in [0.1, 0.15) is 39.3 Å². The zero-order valence-corrected chi connectivity index (χ0v) is 18.2. The molecule has 3 amide bonds. The number of aromatic nitrogens is 1. The first kappa shape index (κ1) is 23.2. The Hall–Kier alpha value is -2.99. The molecule has 0 bridgehead atoms. The summed E-state index contributed by atoms with van der Waals surface area (Å²) in [6.07, 6.45) is -3.37. The summed E-state index contributed by atoms with van der Waals surface area (Å²) in [4.78, 5) is 44.9. The van der Waals surface area contributed by atoms with E-state index in [0.717, 1.165) is 36.0 Å². The highest BCUT2D eigenvalue weighted by molar-refractivity contribution is 7.14. The molecule has 3 heterocycles. The van der Waals surface area contributed by atoms with Gasteiger partial charge in [-0.2, -0.15) is 13.2 Å². The smallest absolute Gasteiger partial charge is 0.368 e. The first-order chi connectivity index (χ1) is 15.7. The van der Waals surface area contributed by atoms with Crippen LogP contribution in [0.5, 0.6) is 0 Å². The molecular formula is C21H21F3N4O4S. The third kappa shape index (κ3) is 5.33. The number of ether oxygens (including phenoxy) is 1. The lowest BCUT2D eigenvalue weighted by Crippen LogP contribution is -2.52. The van der Waals surface area contributed by atoms with Crippen LogP contribution in [-0.2, 0) is 15.7 Å². The van der Waals surface area contributed by atoms with Crippen molar-refractivity contribution < 1.29 is 32.3 Å². The Balaban J connectivity index is 1.33. The number of benzene rings is 1. The normalized spacial score (nSPS) is 18.9. The van der Waals surface area contributed by atoms with Gasteiger partial charge in [-0.05, 0) is 31.0 Å². The number of alkyl halides is 3. The van der Waals surface area contributed by atoms with Crippen molar-refractivity contribution in [2.24, 2.45) is 0 Å². The summed E-state index contributed by atoms with van der Waals surface area (Å²) in [5.41, 5.74) is -0.972. The molecule has 2 fully saturated rings. The average molecular weight is 482 g/mol. The number of nitrogens with one attached hydrogen (secondary N) is 1. The molecule has 1 aromatic heterocycles. The summed E-state index contributed by atoms with van der Waals surface area (Å²) in [5, 5.41) is 4.02. The van der Waals surface area contributed by atoms with Crippen LogP contribution in [0, 0.1) is 0 Å². The van der Waals surface area contributed by atoms with Gasteiger partial charge in [-0.1, -0.05) is 6.07 Å². The van der Waals surface area contributed by atoms with Gasteiger partial charge in [0, 0.05) is 43.7 Å². The Morgan fingerprint density at radius 2 is 1.85 bits per heavy atom. The van der Waals surface area contributed by atoms with Gasteiger partial charge in [0.2, 0.25) is 0 Å². The van der Waals surface area contributed by atoms with Gasteiger partial charge in [-0.15, -0.1) is 11.3 Å². The molecule has 0 spiro atoms. The van der Waals surface area contributed by atoms with Crippen LogP contribution in [0.3, 0.4) is 0 Å². The maximum Gasteiger partial charge on any atom is 0.416 e. The van der Waals surface area contributed by atoms with Crippen molar-refractivity contribution in [2.45, 2.75) is 25.1 Å². The van der Waals surface area contributed by atoms with Crippen LogP contribution in [-0.4, -0.2) is 71.4 Å². The zero-order valence-electron chi connectivity index (χ0n) is 17.4. The fourth-order valence-electron chi connectivity index (χ4n) is 3.70. The topological polar surface area (TPSA) is 91.8 Å². The molecule has 12 heteroatoms. The number of hydrogen-bond donors (Lipinski definition) is 1. The minimum absolute atomic E-state index is 0.0483. The molecule has 1 aromatic carbocycles. The van der Waals surface area contributed by atoms with E-state index in [1.54, 1.807) is 9.80 Å². The average Bonchev–Trinajstić information content (AvgIpc) is 3.50. The van der Waals surface area contributed by atoms with Crippen molar-refractivity contribution in [1.82, 2.24) is 14.8 Å². The zero-order chi connectivity index (χ0) is 23.6. The molecule has 0 saturated carbocycles. The van der Waals surface area contributed by atoms with E-state index >= 15 is 0 Å². The minimum Gasteiger partial charge on any atom is -0.368 e. The lowest BCUT2D eigenvalue weighted by atomic mass is 10.1. The maximum atomic E-state index is 12.9. The van der Waals surface area contributed by atoms with Gasteiger partial charge >= 0.3 is 6.18 Å². The number of carbonyl (C=O) groups excluding carboxylic acids is 3. The fourth-order valence-corrected chi connectivity index (χ4v) is 4.38. The summed E-state index contributed by atoms with van der Waals surface area (Å²) >= 11 is 1.00. The largest absolute Gasteiger partial charge is 0.416 e. The van der Waals surface area contributed by atoms with Crippen LogP contribution < -0.4 is 5.32 Å². The Morgan fingerprint density at radius 3 is 2.52 bits per heavy atom. The van der Waals surface area contributed by atoms with E-state index < -0.39 is 23.8 Å². The first-order valence-corrected chi connectivity index (χ1v) is 11.2. The second kappa shape index (κ2) is 9.48. The van der Waals surface area contributed by atoms with E-state index in [9.17, 15) is 27.6 Å². The summed E-state index contributed by atoms with van der Waals surface area (Å²) in [6.45, 7) is 2.08. The highest BCUT2D eigenvalue weighted by Gasteiger charge is 2.33. The van der Waals surface area contributed by atoms with Crippen molar-refractivity contribution in [3.8, 4) is 0 Å². The number of thiazole rings is 1. The molecule has 33 heavy (non-hydrogen) atoms. The predicted molar refractivity (Wildman–Crippen MR) is 113 cm³/mol. The Kier molecular flexibility index (Phi) is 6.66. The van der Waals surface area contributed by atoms with E-state index in [1.165, 1.54) is 11.4 Å². The quantitative estimate of drug-likeness (QED) is 0.724. The van der Waals surface area contributed by atoms with Crippen LogP contribution in [0.2, 0.25) is 0 Å². The summed E-state index contributed by atoms with van der Waals surface area (Å²) in [5.74, 6) is -1.14. The minimum atomic E-state index is -4.56. The summed E-state index contributed by atoms with van der Waals surface area (Å²) < 4.78 is 44.0. The lowest BCUT2D eigenvalue weighted by molar-refractivity contribution is -0.142. The number of anilines is 1. The summed E-state index contributed by atoms with van der Waals surface area (Å²) in [6, 6.07) is 4.05. The lowest BCUT2D eigenvalue weighted by Gasteiger charge is -2.35. The molecular weight excluding hydrogens is 461 g/mol. The Labute approximate surface area is 191 Å². The van der Waals surface area contributed by atoms with Crippen molar-refractivity contribution in [2.75, 3.05) is 38.1 Å². The molecule has 176 valence electrons. The monoisotopic (exact) mass is 482 g/mol. The van der Waals surface area contributed by atoms with Crippen molar-refractivity contribution in [3.63, 3.8) is 0 Å². The first-order valence-electron chi connectivity index (χ1n) is 10.4. The van der Waals surface area contributed by atoms with Crippen molar-refractivity contribution in [3.05, 3.63) is 46.5 Å². The fraction of sp³-hybridized carbons (Fsp3) is 0.429. The third-order valence-electron chi connectivity index (χ3n) is 5.48. The molecule has 1 N–H and O–H groups in total. The van der Waals surface area contributed by atoms with E-state index in [2.05, 4.69) is 10.3 Å². The molecule has 1 unspecified atom stereocenters. The van der Waals surface area contributed by atoms with Gasteiger partial charge in [0.05, 0.1) is 5.56 Å². The SMILES string of the molecule is O=C(Nc1nc(C(=O)N2CCN(C(=O)C3CCCO3)CC2)cs1)c1cccc(C(F)(F)F)c1. The Bertz CT molecular complexity index is 1040. The van der Waals surface area contributed by atoms with Crippen LogP contribution >= 0.6 is 11.3 Å². The molecule has 0 radical (unpaired) electrons. The molecule has 2 aromatic rings. The molecule has 2 aliphatic heterocycles. The van der Waals surface area contributed by atoms with Gasteiger partial charge in [0.15, 0.2) is 5.13 Å². The molecule has 2 aliphatic rings. The van der Waals surface area contributed by atoms with Gasteiger partial charge in [-0.3, -0.25) is 19.7 Å². The number of halogens is 3. The number of hydrogen-bond acceptors (Lipinski definition) is 6. The van der Waals surface area contributed by atoms with E-state index in [4.69, 9.17) is 4.74 Å².